The molecule has 0 spiro atoms. The molecule has 1 amide bonds. The van der Waals surface area contributed by atoms with E-state index in [-0.39, 0.29) is 12.5 Å². The first-order chi connectivity index (χ1) is 24.0. The second-order valence-corrected chi connectivity index (χ2v) is 15.2. The first-order valence-electron chi connectivity index (χ1n) is 18.5. The van der Waals surface area contributed by atoms with Crippen LogP contribution in [0.15, 0.2) is 91.0 Å². The van der Waals surface area contributed by atoms with Crippen molar-refractivity contribution < 1.29 is 14.7 Å². The summed E-state index contributed by atoms with van der Waals surface area (Å²) < 4.78 is 1.61. The lowest BCUT2D eigenvalue weighted by atomic mass is 9.76. The van der Waals surface area contributed by atoms with Crippen LogP contribution in [0.3, 0.4) is 0 Å². The number of nitrogens with one attached hydrogen (secondary N) is 2. The zero-order chi connectivity index (χ0) is 34.7. The van der Waals surface area contributed by atoms with E-state index in [0.29, 0.717) is 6.54 Å². The highest BCUT2D eigenvalue weighted by Gasteiger charge is 2.48. The monoisotopic (exact) mass is 705 g/mol. The molecule has 3 aromatic rings. The zero-order valence-electron chi connectivity index (χ0n) is 29.2. The lowest BCUT2D eigenvalue weighted by molar-refractivity contribution is -0.137. The normalized spacial score (nSPS) is 16.7. The predicted octanol–water partition coefficient (Wildman–Crippen LogP) is 9.52. The van der Waals surface area contributed by atoms with Crippen molar-refractivity contribution in [1.29, 1.82) is 0 Å². The van der Waals surface area contributed by atoms with Crippen LogP contribution in [0, 0.1) is 0 Å². The first kappa shape index (κ1) is 39.0. The zero-order valence-corrected chi connectivity index (χ0v) is 30.8. The van der Waals surface area contributed by atoms with Gasteiger partial charge in [0.1, 0.15) is 16.7 Å². The predicted molar refractivity (Wildman–Crippen MR) is 205 cm³/mol. The molecule has 4 rings (SSSR count). The Hall–Kier alpha value is -2.84. The summed E-state index contributed by atoms with van der Waals surface area (Å²) in [6.45, 7) is 3.10. The fraction of sp³-hybridized carbons (Fsp3) is 0.512. The fourth-order valence-electron chi connectivity index (χ4n) is 6.76. The van der Waals surface area contributed by atoms with Gasteiger partial charge in [-0.2, -0.15) is 0 Å². The molecule has 3 N–H and O–H groups in total. The molecule has 1 aliphatic heterocycles. The highest BCUT2D eigenvalue weighted by Crippen LogP contribution is 2.39. The third-order valence-electron chi connectivity index (χ3n) is 9.57. The molecule has 1 unspecified atom stereocenters. The third-order valence-corrected chi connectivity index (χ3v) is 11.2. The number of nitrogens with zero attached hydrogens (tertiary/aromatic N) is 1. The molecule has 49 heavy (non-hydrogen) atoms. The molecule has 0 aromatic heterocycles. The van der Waals surface area contributed by atoms with Crippen molar-refractivity contribution >= 4 is 35.4 Å². The Kier molecular flexibility index (Phi) is 17.0. The topological polar surface area (TPSA) is 81.7 Å². The average molecular weight is 706 g/mol. The quantitative estimate of drug-likeness (QED) is 0.0353. The molecule has 0 saturated carbocycles. The molecule has 1 heterocycles. The van der Waals surface area contributed by atoms with Crippen molar-refractivity contribution in [1.82, 2.24) is 15.1 Å². The number of rotatable bonds is 25. The minimum atomic E-state index is -0.933. The molecular formula is C41H56ClN3O3S. The lowest BCUT2D eigenvalue weighted by Crippen LogP contribution is -2.71. The number of carbonyl (C=O) groups excluding carboxylic acids is 1. The highest BCUT2D eigenvalue weighted by molar-refractivity contribution is 8.01. The molecule has 3 atom stereocenters. The van der Waals surface area contributed by atoms with Crippen molar-refractivity contribution in [3.63, 3.8) is 0 Å². The van der Waals surface area contributed by atoms with Gasteiger partial charge in [0.2, 0.25) is 5.91 Å². The van der Waals surface area contributed by atoms with Crippen LogP contribution in [-0.4, -0.2) is 51.2 Å². The van der Waals surface area contributed by atoms with Crippen molar-refractivity contribution in [3.8, 4) is 0 Å². The van der Waals surface area contributed by atoms with E-state index in [1.807, 2.05) is 54.6 Å². The number of thioether (sulfide) groups is 1. The van der Waals surface area contributed by atoms with Crippen molar-refractivity contribution in [2.75, 3.05) is 13.1 Å². The van der Waals surface area contributed by atoms with Crippen molar-refractivity contribution in [3.05, 3.63) is 108 Å². The SMILES string of the molecule is CCCCCCCCCCCCCCCCN(Cl)CC(S[C@H]1NC(=O)[C@H]1NC(c1ccccc1)(c1ccccc1)c1ccccc1)C(=O)O. The number of halogens is 1. The Balaban J connectivity index is 1.28. The largest absolute Gasteiger partial charge is 0.480 e. The van der Waals surface area contributed by atoms with Gasteiger partial charge in [-0.1, -0.05) is 181 Å². The molecule has 3 aromatic carbocycles. The Morgan fingerprint density at radius 3 is 1.55 bits per heavy atom. The number of aliphatic carboxylic acids is 1. The molecule has 0 aliphatic carbocycles. The van der Waals surface area contributed by atoms with Crippen LogP contribution < -0.4 is 10.6 Å². The van der Waals surface area contributed by atoms with Crippen molar-refractivity contribution in [2.24, 2.45) is 0 Å². The lowest BCUT2D eigenvalue weighted by Gasteiger charge is -2.46. The number of benzene rings is 3. The van der Waals surface area contributed by atoms with Crippen LogP contribution >= 0.6 is 23.5 Å². The molecule has 1 saturated heterocycles. The standard InChI is InChI=1S/C41H56ClN3O3S/c1-2-3-4-5-6-7-8-9-10-11-12-13-14-24-31-45(42)32-36(40(47)48)49-39-37(38(46)43-39)44-41(33-25-18-15-19-26-33,34-27-20-16-21-28-34)35-29-22-17-23-30-35/h15-23,25-30,36-37,39,44H,2-14,24,31-32H2,1H3,(H,43,46)(H,47,48)/t36?,37-,39-/m1/s1. The van der Waals surface area contributed by atoms with Crippen LogP contribution in [-0.2, 0) is 15.1 Å². The van der Waals surface area contributed by atoms with Gasteiger partial charge < -0.3 is 10.4 Å². The third kappa shape index (κ3) is 11.9. The van der Waals surface area contributed by atoms with Gasteiger partial charge in [0.05, 0.1) is 5.54 Å². The summed E-state index contributed by atoms with van der Waals surface area (Å²) in [5.41, 5.74) is 2.14. The summed E-state index contributed by atoms with van der Waals surface area (Å²) in [7, 11) is 0. The van der Waals surface area contributed by atoms with E-state index >= 15 is 0 Å². The number of carbonyl (C=O) groups is 2. The Bertz CT molecular complexity index is 1270. The molecule has 266 valence electrons. The summed E-state index contributed by atoms with van der Waals surface area (Å²) in [6, 6.07) is 29.7. The van der Waals surface area contributed by atoms with Gasteiger partial charge in [-0.25, -0.2) is 4.42 Å². The summed E-state index contributed by atoms with van der Waals surface area (Å²) in [6.07, 6.45) is 18.0. The van der Waals surface area contributed by atoms with E-state index in [1.165, 1.54) is 88.8 Å². The molecular weight excluding hydrogens is 650 g/mol. The number of amides is 1. The number of carboxylic acid groups (broad SMARTS) is 1. The molecule has 1 fully saturated rings. The summed E-state index contributed by atoms with van der Waals surface area (Å²) in [5.74, 6) is -1.09. The summed E-state index contributed by atoms with van der Waals surface area (Å²) >= 11 is 7.83. The smallest absolute Gasteiger partial charge is 0.318 e. The van der Waals surface area contributed by atoms with Gasteiger partial charge in [-0.3, -0.25) is 14.9 Å². The van der Waals surface area contributed by atoms with Gasteiger partial charge in [0.25, 0.3) is 0 Å². The summed E-state index contributed by atoms with van der Waals surface area (Å²) in [4.78, 5) is 25.6. The molecule has 1 aliphatic rings. The van der Waals surface area contributed by atoms with E-state index in [0.717, 1.165) is 29.5 Å². The Labute approximate surface area is 303 Å². The first-order valence-corrected chi connectivity index (χ1v) is 19.8. The Morgan fingerprint density at radius 1 is 0.755 bits per heavy atom. The van der Waals surface area contributed by atoms with Crippen LogP contribution in [0.5, 0.6) is 0 Å². The van der Waals surface area contributed by atoms with Crippen LogP contribution in [0.4, 0.5) is 0 Å². The van der Waals surface area contributed by atoms with Gasteiger partial charge in [0, 0.05) is 13.1 Å². The van der Waals surface area contributed by atoms with E-state index < -0.39 is 28.2 Å². The number of unbranched alkanes of at least 4 members (excludes halogenated alkanes) is 13. The maximum absolute atomic E-state index is 13.2. The fourth-order valence-corrected chi connectivity index (χ4v) is 8.37. The molecule has 0 radical (unpaired) electrons. The minimum absolute atomic E-state index is 0.154. The summed E-state index contributed by atoms with van der Waals surface area (Å²) in [5, 5.41) is 15.6. The van der Waals surface area contributed by atoms with Crippen molar-refractivity contribution in [2.45, 2.75) is 119 Å². The van der Waals surface area contributed by atoms with Gasteiger partial charge >= 0.3 is 5.97 Å². The second-order valence-electron chi connectivity index (χ2n) is 13.3. The minimum Gasteiger partial charge on any atom is -0.480 e. The molecule has 8 heteroatoms. The van der Waals surface area contributed by atoms with E-state index in [4.69, 9.17) is 11.8 Å². The number of carboxylic acids is 1. The second kappa shape index (κ2) is 21.4. The van der Waals surface area contributed by atoms with Crippen LogP contribution in [0.1, 0.15) is 114 Å². The van der Waals surface area contributed by atoms with Gasteiger partial charge in [-0.15, -0.1) is 11.8 Å². The molecule has 0 bridgehead atoms. The van der Waals surface area contributed by atoms with E-state index in [2.05, 4.69) is 54.0 Å². The van der Waals surface area contributed by atoms with E-state index in [9.17, 15) is 14.7 Å². The van der Waals surface area contributed by atoms with Gasteiger partial charge in [-0.05, 0) is 34.9 Å². The van der Waals surface area contributed by atoms with Crippen LogP contribution in [0.25, 0.3) is 0 Å². The van der Waals surface area contributed by atoms with Crippen LogP contribution in [0.2, 0.25) is 0 Å². The van der Waals surface area contributed by atoms with E-state index in [1.54, 1.807) is 4.42 Å². The highest BCUT2D eigenvalue weighted by atomic mass is 35.5. The maximum atomic E-state index is 13.2. The maximum Gasteiger partial charge on any atom is 0.318 e. The van der Waals surface area contributed by atoms with Gasteiger partial charge in [0.15, 0.2) is 0 Å². The Morgan fingerprint density at radius 2 is 1.16 bits per heavy atom. The number of hydrogen-bond donors (Lipinski definition) is 3. The molecule has 6 nitrogen and oxygen atoms in total. The number of hydrogen-bond acceptors (Lipinski definition) is 5. The average Bonchev–Trinajstić information content (AvgIpc) is 3.12. The number of β-lactam (4-membered cyclic amide) rings is 1.